The average Bonchev–Trinajstić information content (AvgIpc) is 2.23. The molecule has 0 amide bonds. The Morgan fingerprint density at radius 2 is 2.25 bits per heavy atom. The van der Waals surface area contributed by atoms with E-state index in [1.807, 2.05) is 6.92 Å². The molecule has 0 aliphatic carbocycles. The van der Waals surface area contributed by atoms with Gasteiger partial charge in [-0.2, -0.15) is 0 Å². The summed E-state index contributed by atoms with van der Waals surface area (Å²) in [7, 11) is 0. The lowest BCUT2D eigenvalue weighted by molar-refractivity contribution is -0.911. The van der Waals surface area contributed by atoms with Gasteiger partial charge in [0.05, 0.1) is 8.95 Å². The average molecular weight is 350 g/mol. The van der Waals surface area contributed by atoms with E-state index in [-0.39, 0.29) is 13.2 Å². The number of halogens is 2. The van der Waals surface area contributed by atoms with Crippen LogP contribution in [0, 0.1) is 12.3 Å². The fourth-order valence-electron chi connectivity index (χ4n) is 1.30. The molecule has 0 aliphatic rings. The summed E-state index contributed by atoms with van der Waals surface area (Å²) < 4.78 is 7.93. The van der Waals surface area contributed by atoms with Gasteiger partial charge in [0.1, 0.15) is 13.2 Å². The number of rotatable bonds is 4. The minimum atomic E-state index is 0.226. The molecule has 0 aliphatic heterocycles. The topological polar surface area (TPSA) is 33.3 Å². The third kappa shape index (κ3) is 2.97. The van der Waals surface area contributed by atoms with Crippen molar-refractivity contribution in [2.45, 2.75) is 20.0 Å². The molecule has 3 nitrogen and oxygen atoms in total. The zero-order chi connectivity index (χ0) is 12.1. The fraction of sp³-hybridized carbons (Fsp3) is 0.364. The predicted molar refractivity (Wildman–Crippen MR) is 67.1 cm³/mol. The number of hydrogen-bond acceptors (Lipinski definition) is 2. The summed E-state index contributed by atoms with van der Waals surface area (Å²) in [5.41, 5.74) is 1.74. The maximum absolute atomic E-state index is 9.72. The van der Waals surface area contributed by atoms with Crippen LogP contribution in [0.5, 0.6) is 0 Å². The quantitative estimate of drug-likeness (QED) is 0.392. The minimum Gasteiger partial charge on any atom is -0.358 e. The molecule has 1 N–H and O–H groups in total. The first-order chi connectivity index (χ1) is 7.61. The van der Waals surface area contributed by atoms with Gasteiger partial charge in [0.15, 0.2) is 0 Å². The lowest BCUT2D eigenvalue weighted by Crippen LogP contribution is -2.36. The Hall–Kier alpha value is -0.570. The first-order valence-electron chi connectivity index (χ1n) is 4.73. The monoisotopic (exact) mass is 348 g/mol. The van der Waals surface area contributed by atoms with E-state index in [4.69, 9.17) is 11.2 Å². The number of hydrogen-bond donors (Lipinski definition) is 1. The van der Waals surface area contributed by atoms with Crippen LogP contribution in [-0.4, -0.2) is 11.8 Å². The van der Waals surface area contributed by atoms with Gasteiger partial charge in [0.25, 0.3) is 5.69 Å². The van der Waals surface area contributed by atoms with Gasteiger partial charge in [-0.15, -0.1) is 6.42 Å². The van der Waals surface area contributed by atoms with Crippen molar-refractivity contribution in [3.63, 3.8) is 0 Å². The van der Waals surface area contributed by atoms with Crippen molar-refractivity contribution in [3.8, 4) is 12.3 Å². The number of ether oxygens (including phenoxy) is 1. The van der Waals surface area contributed by atoms with E-state index in [1.165, 1.54) is 0 Å². The molecule has 0 bridgehead atoms. The Kier molecular flexibility index (Phi) is 5.26. The van der Waals surface area contributed by atoms with Gasteiger partial charge in [-0.05, 0) is 43.8 Å². The van der Waals surface area contributed by atoms with Gasteiger partial charge in [-0.3, -0.25) is 5.21 Å². The highest BCUT2D eigenvalue weighted by Crippen LogP contribution is 2.26. The molecule has 0 atom stereocenters. The SMILES string of the molecule is C#CCOCc1c(Br)c(CC)c(Br)c[n+]1O. The van der Waals surface area contributed by atoms with Crippen LogP contribution < -0.4 is 4.73 Å². The molecule has 0 saturated carbocycles. The maximum atomic E-state index is 9.72. The van der Waals surface area contributed by atoms with Crippen LogP contribution in [0.4, 0.5) is 0 Å². The Balaban J connectivity index is 3.04. The van der Waals surface area contributed by atoms with Crippen molar-refractivity contribution < 1.29 is 14.7 Å². The second-order valence-corrected chi connectivity index (χ2v) is 4.76. The van der Waals surface area contributed by atoms with E-state index in [2.05, 4.69) is 37.8 Å². The largest absolute Gasteiger partial charge is 0.358 e. The Morgan fingerprint density at radius 1 is 1.56 bits per heavy atom. The number of aromatic nitrogens is 1. The number of pyridine rings is 1. The zero-order valence-electron chi connectivity index (χ0n) is 8.83. The standard InChI is InChI=1S/C11H12Br2NO2/c1-3-5-16-7-10-11(13)8(4-2)9(12)6-14(10)15/h1,6,15H,4-5,7H2,2H3/q+1. The maximum Gasteiger partial charge on any atom is 0.274 e. The summed E-state index contributed by atoms with van der Waals surface area (Å²) in [6.45, 7) is 2.53. The van der Waals surface area contributed by atoms with Crippen LogP contribution in [0.2, 0.25) is 0 Å². The van der Waals surface area contributed by atoms with E-state index in [9.17, 15) is 5.21 Å². The molecule has 1 aromatic rings. The molecule has 0 unspecified atom stereocenters. The summed E-state index contributed by atoms with van der Waals surface area (Å²) in [6.07, 6.45) is 7.53. The third-order valence-corrected chi connectivity index (χ3v) is 3.72. The Morgan fingerprint density at radius 3 is 2.81 bits per heavy atom. The highest BCUT2D eigenvalue weighted by atomic mass is 79.9. The summed E-state index contributed by atoms with van der Waals surface area (Å²) in [5.74, 6) is 2.38. The smallest absolute Gasteiger partial charge is 0.274 e. The second-order valence-electron chi connectivity index (χ2n) is 3.11. The van der Waals surface area contributed by atoms with Gasteiger partial charge >= 0.3 is 0 Å². The summed E-state index contributed by atoms with van der Waals surface area (Å²) >= 11 is 6.84. The van der Waals surface area contributed by atoms with Gasteiger partial charge in [0.2, 0.25) is 6.20 Å². The van der Waals surface area contributed by atoms with Crippen molar-refractivity contribution >= 4 is 31.9 Å². The molecule has 16 heavy (non-hydrogen) atoms. The normalized spacial score (nSPS) is 10.1. The molecule has 1 aromatic heterocycles. The van der Waals surface area contributed by atoms with Crippen molar-refractivity contribution in [2.24, 2.45) is 0 Å². The molecule has 1 heterocycles. The highest BCUT2D eigenvalue weighted by Gasteiger charge is 2.21. The van der Waals surface area contributed by atoms with Crippen molar-refractivity contribution in [3.05, 3.63) is 26.4 Å². The predicted octanol–water partition coefficient (Wildman–Crippen LogP) is 2.45. The van der Waals surface area contributed by atoms with E-state index in [0.29, 0.717) is 5.69 Å². The van der Waals surface area contributed by atoms with E-state index >= 15 is 0 Å². The van der Waals surface area contributed by atoms with E-state index in [1.54, 1.807) is 6.20 Å². The molecule has 86 valence electrons. The lowest BCUT2D eigenvalue weighted by Gasteiger charge is -2.06. The van der Waals surface area contributed by atoms with Crippen LogP contribution in [-0.2, 0) is 17.8 Å². The summed E-state index contributed by atoms with van der Waals surface area (Å²) in [6, 6.07) is 0. The third-order valence-electron chi connectivity index (χ3n) is 2.10. The number of nitrogens with zero attached hydrogens (tertiary/aromatic N) is 1. The first-order valence-corrected chi connectivity index (χ1v) is 6.32. The van der Waals surface area contributed by atoms with Crippen LogP contribution >= 0.6 is 31.9 Å². The van der Waals surface area contributed by atoms with Gasteiger partial charge in [-0.25, -0.2) is 0 Å². The molecule has 0 saturated heterocycles. The van der Waals surface area contributed by atoms with Crippen molar-refractivity contribution in [1.82, 2.24) is 0 Å². The van der Waals surface area contributed by atoms with Gasteiger partial charge in [0, 0.05) is 4.73 Å². The molecule has 0 aromatic carbocycles. The summed E-state index contributed by atoms with van der Waals surface area (Å²) in [5, 5.41) is 9.72. The van der Waals surface area contributed by atoms with Crippen molar-refractivity contribution in [1.29, 1.82) is 0 Å². The van der Waals surface area contributed by atoms with E-state index in [0.717, 1.165) is 25.7 Å². The first kappa shape index (κ1) is 13.5. The fourth-order valence-corrected chi connectivity index (χ4v) is 3.03. The van der Waals surface area contributed by atoms with Crippen LogP contribution in [0.1, 0.15) is 18.2 Å². The molecule has 0 radical (unpaired) electrons. The molecule has 5 heteroatoms. The summed E-state index contributed by atoms with van der Waals surface area (Å²) in [4.78, 5) is 0. The minimum absolute atomic E-state index is 0.226. The zero-order valence-corrected chi connectivity index (χ0v) is 12.0. The van der Waals surface area contributed by atoms with Gasteiger partial charge in [-0.1, -0.05) is 12.8 Å². The Labute approximate surface area is 112 Å². The molecular formula is C11H12Br2NO2+. The lowest BCUT2D eigenvalue weighted by atomic mass is 10.2. The Bertz CT molecular complexity index is 427. The van der Waals surface area contributed by atoms with Crippen LogP contribution in [0.25, 0.3) is 0 Å². The van der Waals surface area contributed by atoms with Crippen molar-refractivity contribution in [2.75, 3.05) is 6.61 Å². The molecular weight excluding hydrogens is 338 g/mol. The second kappa shape index (κ2) is 6.24. The van der Waals surface area contributed by atoms with E-state index < -0.39 is 0 Å². The van der Waals surface area contributed by atoms with Gasteiger partial charge < -0.3 is 4.74 Å². The highest BCUT2D eigenvalue weighted by molar-refractivity contribution is 9.11. The molecule has 0 spiro atoms. The van der Waals surface area contributed by atoms with Crippen LogP contribution in [0.15, 0.2) is 15.1 Å². The van der Waals surface area contributed by atoms with Crippen LogP contribution in [0.3, 0.4) is 0 Å². The molecule has 0 fully saturated rings. The molecule has 1 rings (SSSR count). The number of terminal acetylenes is 1.